The van der Waals surface area contributed by atoms with Crippen molar-refractivity contribution in [1.29, 1.82) is 0 Å². The molecule has 0 saturated carbocycles. The van der Waals surface area contributed by atoms with Gasteiger partial charge in [0.15, 0.2) is 0 Å². The highest BCUT2D eigenvalue weighted by atomic mass is 35.5. The van der Waals surface area contributed by atoms with E-state index in [2.05, 4.69) is 17.1 Å². The van der Waals surface area contributed by atoms with Crippen molar-refractivity contribution in [2.75, 3.05) is 6.61 Å². The van der Waals surface area contributed by atoms with Crippen molar-refractivity contribution < 1.29 is 14.6 Å². The van der Waals surface area contributed by atoms with Crippen LogP contribution >= 0.6 is 11.6 Å². The Morgan fingerprint density at radius 1 is 0.941 bits per heavy atom. The second-order valence-electron chi connectivity index (χ2n) is 8.37. The van der Waals surface area contributed by atoms with Gasteiger partial charge in [0.2, 0.25) is 0 Å². The molecule has 0 radical (unpaired) electrons. The summed E-state index contributed by atoms with van der Waals surface area (Å²) in [6.45, 7) is 2.50. The Morgan fingerprint density at radius 3 is 2.50 bits per heavy atom. The fraction of sp³-hybridized carbons (Fsp3) is 0.138. The zero-order valence-electron chi connectivity index (χ0n) is 18.8. The van der Waals surface area contributed by atoms with Crippen LogP contribution in [0.1, 0.15) is 28.0 Å². The topological polar surface area (TPSA) is 62.3 Å². The van der Waals surface area contributed by atoms with Gasteiger partial charge in [-0.15, -0.1) is 0 Å². The predicted octanol–water partition coefficient (Wildman–Crippen LogP) is 7.66. The van der Waals surface area contributed by atoms with Crippen LogP contribution in [0.25, 0.3) is 32.8 Å². The molecule has 1 heterocycles. The summed E-state index contributed by atoms with van der Waals surface area (Å²) in [7, 11) is 0. The molecule has 34 heavy (non-hydrogen) atoms. The average Bonchev–Trinajstić information content (AvgIpc) is 3.21. The van der Waals surface area contributed by atoms with Gasteiger partial charge in [-0.3, -0.25) is 0 Å². The molecule has 5 heteroatoms. The van der Waals surface area contributed by atoms with Crippen molar-refractivity contribution >= 4 is 39.2 Å². The highest BCUT2D eigenvalue weighted by Gasteiger charge is 2.20. The number of aryl methyl sites for hydroxylation is 2. The maximum absolute atomic E-state index is 12.1. The second kappa shape index (κ2) is 9.24. The number of carbonyl (C=O) groups is 1. The molecule has 0 aliphatic carbocycles. The lowest BCUT2D eigenvalue weighted by Gasteiger charge is -2.10. The van der Waals surface area contributed by atoms with Crippen molar-refractivity contribution in [2.24, 2.45) is 0 Å². The Morgan fingerprint density at radius 2 is 1.68 bits per heavy atom. The van der Waals surface area contributed by atoms with Gasteiger partial charge in [-0.25, -0.2) is 4.79 Å². The van der Waals surface area contributed by atoms with Gasteiger partial charge in [0.25, 0.3) is 0 Å². The van der Waals surface area contributed by atoms with E-state index in [9.17, 15) is 9.90 Å². The van der Waals surface area contributed by atoms with E-state index in [0.717, 1.165) is 49.7 Å². The number of aromatic nitrogens is 1. The predicted molar refractivity (Wildman–Crippen MR) is 138 cm³/mol. The Hall–Kier alpha value is -3.76. The van der Waals surface area contributed by atoms with Crippen molar-refractivity contribution in [3.05, 3.63) is 101 Å². The molecule has 4 aromatic carbocycles. The van der Waals surface area contributed by atoms with Crippen molar-refractivity contribution in [1.82, 2.24) is 4.98 Å². The normalized spacial score (nSPS) is 11.2. The molecule has 0 saturated heterocycles. The van der Waals surface area contributed by atoms with Crippen LogP contribution in [0, 0.1) is 6.92 Å². The largest absolute Gasteiger partial charge is 0.493 e. The maximum atomic E-state index is 12.1. The van der Waals surface area contributed by atoms with E-state index in [4.69, 9.17) is 16.3 Å². The number of hydrogen-bond donors (Lipinski definition) is 2. The van der Waals surface area contributed by atoms with Crippen molar-refractivity contribution in [3.8, 4) is 16.9 Å². The first-order valence-electron chi connectivity index (χ1n) is 11.3. The van der Waals surface area contributed by atoms with Crippen molar-refractivity contribution in [2.45, 2.75) is 19.8 Å². The first-order chi connectivity index (χ1) is 16.5. The van der Waals surface area contributed by atoms with Crippen molar-refractivity contribution in [3.63, 3.8) is 0 Å². The molecule has 170 valence electrons. The third-order valence-corrected chi connectivity index (χ3v) is 6.54. The summed E-state index contributed by atoms with van der Waals surface area (Å²) >= 11 is 6.53. The molecule has 2 N–H and O–H groups in total. The Balaban J connectivity index is 1.44. The van der Waals surface area contributed by atoms with E-state index in [1.54, 1.807) is 0 Å². The Kier molecular flexibility index (Phi) is 5.99. The summed E-state index contributed by atoms with van der Waals surface area (Å²) < 4.78 is 6.08. The summed E-state index contributed by atoms with van der Waals surface area (Å²) in [5.41, 5.74) is 4.66. The molecule has 0 unspecified atom stereocenters. The molecule has 0 atom stereocenters. The van der Waals surface area contributed by atoms with Gasteiger partial charge >= 0.3 is 5.97 Å². The van der Waals surface area contributed by atoms with Crippen LogP contribution in [0.5, 0.6) is 5.75 Å². The maximum Gasteiger partial charge on any atom is 0.352 e. The number of para-hydroxylation sites is 1. The van der Waals surface area contributed by atoms with E-state index >= 15 is 0 Å². The van der Waals surface area contributed by atoms with Crippen LogP contribution in [0.2, 0.25) is 5.02 Å². The number of carboxylic acids is 1. The van der Waals surface area contributed by atoms with E-state index in [1.807, 2.05) is 73.7 Å². The van der Waals surface area contributed by atoms with E-state index in [0.29, 0.717) is 24.5 Å². The number of H-pyrrole nitrogens is 1. The third-order valence-electron chi connectivity index (χ3n) is 6.22. The number of aromatic carboxylic acids is 1. The summed E-state index contributed by atoms with van der Waals surface area (Å²) in [5, 5.41) is 13.7. The number of aromatic amines is 1. The van der Waals surface area contributed by atoms with E-state index in [-0.39, 0.29) is 5.69 Å². The zero-order chi connectivity index (χ0) is 23.7. The molecule has 5 aromatic rings. The molecular weight excluding hydrogens is 446 g/mol. The lowest BCUT2D eigenvalue weighted by atomic mass is 9.97. The van der Waals surface area contributed by atoms with Gasteiger partial charge in [-0.05, 0) is 48.4 Å². The standard InChI is InChI=1S/C29H24ClNO3/c1-18-8-4-15-24(30)26(18)23-13-6-12-21-22(28(29(32)33)31-27(21)23)14-7-17-34-25-16-5-10-19-9-2-3-11-20(19)25/h2-6,8-13,15-16,31H,7,14,17H2,1H3,(H,32,33). The zero-order valence-corrected chi connectivity index (χ0v) is 19.5. The molecule has 0 fully saturated rings. The summed E-state index contributed by atoms with van der Waals surface area (Å²) in [6, 6.07) is 25.8. The molecule has 0 amide bonds. The number of ether oxygens (including phenoxy) is 1. The van der Waals surface area contributed by atoms with Crippen LogP contribution in [-0.2, 0) is 6.42 Å². The van der Waals surface area contributed by atoms with E-state index in [1.165, 1.54) is 0 Å². The molecule has 0 aliphatic heterocycles. The van der Waals surface area contributed by atoms with Gasteiger partial charge in [-0.2, -0.15) is 0 Å². The molecule has 4 nitrogen and oxygen atoms in total. The molecular formula is C29H24ClNO3. The lowest BCUT2D eigenvalue weighted by molar-refractivity contribution is 0.0690. The second-order valence-corrected chi connectivity index (χ2v) is 8.78. The highest BCUT2D eigenvalue weighted by Crippen LogP contribution is 2.37. The number of fused-ring (bicyclic) bond motifs is 2. The van der Waals surface area contributed by atoms with E-state index < -0.39 is 5.97 Å². The van der Waals surface area contributed by atoms with Crippen LogP contribution in [-0.4, -0.2) is 22.7 Å². The minimum atomic E-state index is -0.969. The minimum Gasteiger partial charge on any atom is -0.493 e. The number of halogens is 1. The molecule has 5 rings (SSSR count). The fourth-order valence-electron chi connectivity index (χ4n) is 4.65. The number of hydrogen-bond acceptors (Lipinski definition) is 2. The molecule has 0 spiro atoms. The summed E-state index contributed by atoms with van der Waals surface area (Å²) in [5.74, 6) is -0.130. The molecule has 1 aromatic heterocycles. The third kappa shape index (κ3) is 4.02. The summed E-state index contributed by atoms with van der Waals surface area (Å²) in [4.78, 5) is 15.3. The van der Waals surface area contributed by atoms with Crippen LogP contribution in [0.15, 0.2) is 78.9 Å². The average molecular weight is 470 g/mol. The fourth-order valence-corrected chi connectivity index (χ4v) is 4.97. The van der Waals surface area contributed by atoms with Crippen LogP contribution in [0.3, 0.4) is 0 Å². The highest BCUT2D eigenvalue weighted by molar-refractivity contribution is 6.34. The number of carboxylic acid groups (broad SMARTS) is 1. The minimum absolute atomic E-state index is 0.220. The van der Waals surface area contributed by atoms with Gasteiger partial charge in [0, 0.05) is 26.9 Å². The molecule has 0 bridgehead atoms. The smallest absolute Gasteiger partial charge is 0.352 e. The van der Waals surface area contributed by atoms with Gasteiger partial charge in [0.05, 0.1) is 12.1 Å². The van der Waals surface area contributed by atoms with Crippen LogP contribution < -0.4 is 4.74 Å². The number of nitrogens with one attached hydrogen (secondary N) is 1. The quantitative estimate of drug-likeness (QED) is 0.240. The Labute approximate surface area is 202 Å². The number of benzene rings is 4. The monoisotopic (exact) mass is 469 g/mol. The molecule has 0 aliphatic rings. The SMILES string of the molecule is Cc1cccc(Cl)c1-c1cccc2c(CCCOc3cccc4ccccc34)c(C(=O)O)[nH]c12. The first kappa shape index (κ1) is 22.1. The van der Waals surface area contributed by atoms with Gasteiger partial charge in [-0.1, -0.05) is 78.3 Å². The summed E-state index contributed by atoms with van der Waals surface area (Å²) in [6.07, 6.45) is 1.27. The van der Waals surface area contributed by atoms with Crippen LogP contribution in [0.4, 0.5) is 0 Å². The first-order valence-corrected chi connectivity index (χ1v) is 11.7. The lowest BCUT2D eigenvalue weighted by Crippen LogP contribution is -2.04. The number of rotatable bonds is 7. The van der Waals surface area contributed by atoms with Gasteiger partial charge in [0.1, 0.15) is 11.4 Å². The Bertz CT molecular complexity index is 1490. The van der Waals surface area contributed by atoms with Gasteiger partial charge < -0.3 is 14.8 Å².